The second kappa shape index (κ2) is 6.89. The number of primary amides is 1. The van der Waals surface area contributed by atoms with Crippen molar-refractivity contribution < 1.29 is 9.18 Å². The number of pyridine rings is 1. The van der Waals surface area contributed by atoms with E-state index in [4.69, 9.17) is 5.73 Å². The Morgan fingerprint density at radius 2 is 1.92 bits per heavy atom. The fraction of sp³-hybridized carbons (Fsp3) is 0.200. The van der Waals surface area contributed by atoms with E-state index >= 15 is 0 Å². The topological polar surface area (TPSA) is 60.9 Å². The lowest BCUT2D eigenvalue weighted by atomic mass is 9.99. The van der Waals surface area contributed by atoms with Crippen molar-refractivity contribution in [3.05, 3.63) is 77.1 Å². The zero-order valence-corrected chi connectivity index (χ0v) is 14.3. The molecule has 1 amide bonds. The molecule has 0 aliphatic carbocycles. The molecule has 0 saturated heterocycles. The van der Waals surface area contributed by atoms with Crippen molar-refractivity contribution >= 4 is 5.91 Å². The molecule has 4 nitrogen and oxygen atoms in total. The monoisotopic (exact) mass is 337 g/mol. The molecule has 0 saturated carbocycles. The van der Waals surface area contributed by atoms with Crippen LogP contribution in [0.15, 0.2) is 48.7 Å². The van der Waals surface area contributed by atoms with Crippen molar-refractivity contribution in [1.29, 1.82) is 0 Å². The van der Waals surface area contributed by atoms with Crippen LogP contribution in [0.2, 0.25) is 0 Å². The molecule has 128 valence electrons. The third-order valence-electron chi connectivity index (χ3n) is 4.39. The number of amides is 1. The summed E-state index contributed by atoms with van der Waals surface area (Å²) < 4.78 is 15.4. The molecule has 3 aromatic rings. The van der Waals surface area contributed by atoms with E-state index in [-0.39, 0.29) is 5.82 Å². The molecule has 5 heteroatoms. The molecule has 2 N–H and O–H groups in total. The molecule has 1 aromatic carbocycles. The predicted octanol–water partition coefficient (Wildman–Crippen LogP) is 3.71. The quantitative estimate of drug-likeness (QED) is 0.771. The molecule has 2 aromatic heterocycles. The molecule has 0 atom stereocenters. The van der Waals surface area contributed by atoms with Gasteiger partial charge in [-0.25, -0.2) is 4.39 Å². The minimum atomic E-state index is -0.480. The van der Waals surface area contributed by atoms with E-state index in [0.29, 0.717) is 18.5 Å². The second-order valence-electron chi connectivity index (χ2n) is 5.91. The SMILES string of the molecule is CCc1c(-c2ccc(F)cc2)c(C(N)=O)c(C)n1Cc1ccccn1. The van der Waals surface area contributed by atoms with Gasteiger partial charge in [0.15, 0.2) is 0 Å². The highest BCUT2D eigenvalue weighted by Crippen LogP contribution is 2.33. The Kier molecular flexibility index (Phi) is 4.65. The van der Waals surface area contributed by atoms with Crippen LogP contribution in [0.25, 0.3) is 11.1 Å². The fourth-order valence-corrected chi connectivity index (χ4v) is 3.26. The number of carbonyl (C=O) groups is 1. The minimum Gasteiger partial charge on any atom is -0.366 e. The molecule has 0 radical (unpaired) electrons. The number of hydrogen-bond acceptors (Lipinski definition) is 2. The van der Waals surface area contributed by atoms with Crippen LogP contribution < -0.4 is 5.73 Å². The van der Waals surface area contributed by atoms with E-state index in [2.05, 4.69) is 9.55 Å². The first-order chi connectivity index (χ1) is 12.0. The third-order valence-corrected chi connectivity index (χ3v) is 4.39. The Bertz CT molecular complexity index is 899. The first kappa shape index (κ1) is 16.9. The Balaban J connectivity index is 2.21. The first-order valence-electron chi connectivity index (χ1n) is 8.20. The van der Waals surface area contributed by atoms with Gasteiger partial charge in [0.25, 0.3) is 5.91 Å². The molecule has 3 rings (SSSR count). The summed E-state index contributed by atoms with van der Waals surface area (Å²) in [6, 6.07) is 11.9. The van der Waals surface area contributed by atoms with Crippen LogP contribution in [0.4, 0.5) is 4.39 Å². The Morgan fingerprint density at radius 3 is 2.48 bits per heavy atom. The standard InChI is InChI=1S/C20H20FN3O/c1-3-17-19(14-7-9-15(21)10-8-14)18(20(22)25)13(2)24(17)12-16-6-4-5-11-23-16/h4-11H,3,12H2,1-2H3,(H2,22,25). The highest BCUT2D eigenvalue weighted by Gasteiger charge is 2.24. The number of hydrogen-bond donors (Lipinski definition) is 1. The summed E-state index contributed by atoms with van der Waals surface area (Å²) in [6.07, 6.45) is 2.46. The molecule has 0 unspecified atom stereocenters. The van der Waals surface area contributed by atoms with Crippen LogP contribution in [0.5, 0.6) is 0 Å². The van der Waals surface area contributed by atoms with Crippen molar-refractivity contribution in [1.82, 2.24) is 9.55 Å². The van der Waals surface area contributed by atoms with Gasteiger partial charge in [0.05, 0.1) is 17.8 Å². The highest BCUT2D eigenvalue weighted by atomic mass is 19.1. The number of halogens is 1. The summed E-state index contributed by atoms with van der Waals surface area (Å²) >= 11 is 0. The molecule has 0 spiro atoms. The highest BCUT2D eigenvalue weighted by molar-refractivity contribution is 6.02. The summed E-state index contributed by atoms with van der Waals surface area (Å²) in [5, 5.41) is 0. The Morgan fingerprint density at radius 1 is 1.20 bits per heavy atom. The lowest BCUT2D eigenvalue weighted by Gasteiger charge is -2.11. The van der Waals surface area contributed by atoms with Crippen molar-refractivity contribution in [3.8, 4) is 11.1 Å². The molecular formula is C20H20FN3O. The number of benzene rings is 1. The summed E-state index contributed by atoms with van der Waals surface area (Å²) in [7, 11) is 0. The van der Waals surface area contributed by atoms with E-state index in [9.17, 15) is 9.18 Å². The molecular weight excluding hydrogens is 317 g/mol. The van der Waals surface area contributed by atoms with E-state index in [1.165, 1.54) is 12.1 Å². The fourth-order valence-electron chi connectivity index (χ4n) is 3.26. The van der Waals surface area contributed by atoms with E-state index in [0.717, 1.165) is 28.2 Å². The van der Waals surface area contributed by atoms with Gasteiger partial charge in [-0.05, 0) is 43.2 Å². The van der Waals surface area contributed by atoms with Gasteiger partial charge in [-0.1, -0.05) is 25.1 Å². The molecule has 2 heterocycles. The van der Waals surface area contributed by atoms with Gasteiger partial charge in [-0.2, -0.15) is 0 Å². The van der Waals surface area contributed by atoms with E-state index in [1.807, 2.05) is 32.0 Å². The molecule has 25 heavy (non-hydrogen) atoms. The van der Waals surface area contributed by atoms with Crippen LogP contribution in [0.1, 0.15) is 34.4 Å². The summed E-state index contributed by atoms with van der Waals surface area (Å²) in [5.74, 6) is -0.793. The summed E-state index contributed by atoms with van der Waals surface area (Å²) in [6.45, 7) is 4.47. The lowest BCUT2D eigenvalue weighted by molar-refractivity contribution is 0.1000. The molecule has 0 aliphatic heterocycles. The third kappa shape index (κ3) is 3.18. The lowest BCUT2D eigenvalue weighted by Crippen LogP contribution is -2.13. The van der Waals surface area contributed by atoms with Crippen LogP contribution in [0.3, 0.4) is 0 Å². The number of carbonyl (C=O) groups excluding carboxylic acids is 1. The van der Waals surface area contributed by atoms with Crippen LogP contribution >= 0.6 is 0 Å². The van der Waals surface area contributed by atoms with Gasteiger partial charge in [0.1, 0.15) is 5.82 Å². The average Bonchev–Trinajstić information content (AvgIpc) is 2.88. The van der Waals surface area contributed by atoms with Gasteiger partial charge in [-0.15, -0.1) is 0 Å². The average molecular weight is 337 g/mol. The Labute approximate surface area is 146 Å². The smallest absolute Gasteiger partial charge is 0.251 e. The summed E-state index contributed by atoms with van der Waals surface area (Å²) in [4.78, 5) is 16.5. The Hall–Kier alpha value is -2.95. The van der Waals surface area contributed by atoms with Gasteiger partial charge in [0.2, 0.25) is 0 Å². The van der Waals surface area contributed by atoms with Gasteiger partial charge in [-0.3, -0.25) is 9.78 Å². The van der Waals surface area contributed by atoms with Crippen molar-refractivity contribution in [2.24, 2.45) is 5.73 Å². The number of nitrogens with two attached hydrogens (primary N) is 1. The number of aromatic nitrogens is 2. The second-order valence-corrected chi connectivity index (χ2v) is 5.91. The predicted molar refractivity (Wildman–Crippen MR) is 95.8 cm³/mol. The maximum Gasteiger partial charge on any atom is 0.251 e. The van der Waals surface area contributed by atoms with Crippen molar-refractivity contribution in [2.75, 3.05) is 0 Å². The van der Waals surface area contributed by atoms with E-state index < -0.39 is 5.91 Å². The largest absolute Gasteiger partial charge is 0.366 e. The van der Waals surface area contributed by atoms with Gasteiger partial charge < -0.3 is 10.3 Å². The summed E-state index contributed by atoms with van der Waals surface area (Å²) in [5.41, 5.74) is 10.4. The van der Waals surface area contributed by atoms with Crippen LogP contribution in [0, 0.1) is 12.7 Å². The van der Waals surface area contributed by atoms with Gasteiger partial charge >= 0.3 is 0 Å². The first-order valence-corrected chi connectivity index (χ1v) is 8.20. The number of rotatable bonds is 5. The van der Waals surface area contributed by atoms with Gasteiger partial charge in [0, 0.05) is 23.1 Å². The van der Waals surface area contributed by atoms with E-state index in [1.54, 1.807) is 18.3 Å². The van der Waals surface area contributed by atoms with Crippen LogP contribution in [-0.4, -0.2) is 15.5 Å². The molecule has 0 fully saturated rings. The maximum atomic E-state index is 13.3. The minimum absolute atomic E-state index is 0.313. The maximum absolute atomic E-state index is 13.3. The molecule has 0 aliphatic rings. The normalized spacial score (nSPS) is 10.8. The number of nitrogens with zero attached hydrogens (tertiary/aromatic N) is 2. The zero-order chi connectivity index (χ0) is 18.0. The van der Waals surface area contributed by atoms with Crippen molar-refractivity contribution in [2.45, 2.75) is 26.8 Å². The van der Waals surface area contributed by atoms with Crippen molar-refractivity contribution in [3.63, 3.8) is 0 Å². The molecule has 0 bridgehead atoms. The zero-order valence-electron chi connectivity index (χ0n) is 14.3. The van der Waals surface area contributed by atoms with Crippen LogP contribution in [-0.2, 0) is 13.0 Å².